The molecule has 0 radical (unpaired) electrons. The van der Waals surface area contributed by atoms with Crippen LogP contribution in [0.2, 0.25) is 0 Å². The molecule has 0 aromatic carbocycles. The van der Waals surface area contributed by atoms with Crippen molar-refractivity contribution in [2.24, 2.45) is 5.92 Å². The Labute approximate surface area is 176 Å². The molecule has 1 atom stereocenters. The monoisotopic (exact) mass is 405 g/mol. The average Bonchev–Trinajstić information content (AvgIpc) is 2.84. The minimum atomic E-state index is 0.602. The van der Waals surface area contributed by atoms with Gasteiger partial charge in [-0.25, -0.2) is 15.0 Å². The summed E-state index contributed by atoms with van der Waals surface area (Å²) in [5.41, 5.74) is 3.47. The van der Waals surface area contributed by atoms with Crippen LogP contribution in [0, 0.1) is 5.92 Å². The van der Waals surface area contributed by atoms with Crippen molar-refractivity contribution in [1.82, 2.24) is 25.3 Å². The van der Waals surface area contributed by atoms with Crippen molar-refractivity contribution >= 4 is 22.7 Å². The molecule has 0 spiro atoms. The van der Waals surface area contributed by atoms with Crippen molar-refractivity contribution in [1.29, 1.82) is 0 Å². The van der Waals surface area contributed by atoms with Crippen molar-refractivity contribution in [3.8, 4) is 11.3 Å². The van der Waals surface area contributed by atoms with Crippen molar-refractivity contribution in [2.45, 2.75) is 12.8 Å². The highest BCUT2D eigenvalue weighted by Gasteiger charge is 2.16. The summed E-state index contributed by atoms with van der Waals surface area (Å²) in [7, 11) is 0. The maximum absolute atomic E-state index is 5.43. The maximum Gasteiger partial charge on any atom is 0.154 e. The highest BCUT2D eigenvalue weighted by Crippen LogP contribution is 2.26. The molecule has 0 saturated carbocycles. The third kappa shape index (κ3) is 4.20. The van der Waals surface area contributed by atoms with E-state index in [4.69, 9.17) is 9.72 Å². The standard InChI is InChI=1S/C22H27N7O/c1-2-16(13-23-5-1)14-27-22-21-19(24-6-7-25-21)12-18(28-22)17-3-4-20(26-15-17)29-8-10-30-11-9-29/h3-4,6-7,12,15-16,23H,1-2,5,8-11,13-14H2,(H,27,28)/t16-/m0/s1. The number of nitrogens with zero attached hydrogens (tertiary/aromatic N) is 5. The second-order valence-electron chi connectivity index (χ2n) is 7.88. The quantitative estimate of drug-likeness (QED) is 0.669. The molecule has 8 heteroatoms. The molecular weight excluding hydrogens is 378 g/mol. The predicted octanol–water partition coefficient (Wildman–Crippen LogP) is 2.33. The minimum absolute atomic E-state index is 0.602. The lowest BCUT2D eigenvalue weighted by molar-refractivity contribution is 0.122. The van der Waals surface area contributed by atoms with Crippen molar-refractivity contribution in [2.75, 3.05) is 56.2 Å². The zero-order valence-corrected chi connectivity index (χ0v) is 17.0. The topological polar surface area (TPSA) is 88.1 Å². The Balaban J connectivity index is 1.41. The Morgan fingerprint density at radius 2 is 2.03 bits per heavy atom. The summed E-state index contributed by atoms with van der Waals surface area (Å²) in [6, 6.07) is 6.13. The van der Waals surface area contributed by atoms with Gasteiger partial charge in [0.05, 0.1) is 24.4 Å². The number of aromatic nitrogens is 4. The van der Waals surface area contributed by atoms with Gasteiger partial charge in [0, 0.05) is 43.8 Å². The molecule has 5 rings (SSSR count). The fourth-order valence-electron chi connectivity index (χ4n) is 4.10. The fourth-order valence-corrected chi connectivity index (χ4v) is 4.10. The summed E-state index contributed by atoms with van der Waals surface area (Å²) in [6.45, 7) is 6.29. The van der Waals surface area contributed by atoms with Gasteiger partial charge in [-0.1, -0.05) is 0 Å². The molecule has 3 aromatic heterocycles. The maximum atomic E-state index is 5.43. The largest absolute Gasteiger partial charge is 0.378 e. The molecule has 30 heavy (non-hydrogen) atoms. The van der Waals surface area contributed by atoms with Gasteiger partial charge in [0.2, 0.25) is 0 Å². The van der Waals surface area contributed by atoms with E-state index < -0.39 is 0 Å². The highest BCUT2D eigenvalue weighted by molar-refractivity contribution is 5.88. The number of morpholine rings is 1. The van der Waals surface area contributed by atoms with Gasteiger partial charge in [0.15, 0.2) is 5.82 Å². The normalized spacial score (nSPS) is 19.7. The number of pyridine rings is 2. The number of hydrogen-bond donors (Lipinski definition) is 2. The first-order valence-corrected chi connectivity index (χ1v) is 10.7. The first kappa shape index (κ1) is 19.1. The summed E-state index contributed by atoms with van der Waals surface area (Å²) in [5, 5.41) is 7.00. The number of hydrogen-bond acceptors (Lipinski definition) is 8. The number of fused-ring (bicyclic) bond motifs is 1. The fraction of sp³-hybridized carbons (Fsp3) is 0.455. The van der Waals surface area contributed by atoms with Crippen molar-refractivity contribution < 1.29 is 4.74 Å². The van der Waals surface area contributed by atoms with Gasteiger partial charge in [0.25, 0.3) is 0 Å². The van der Waals surface area contributed by atoms with E-state index in [2.05, 4.69) is 42.6 Å². The third-order valence-electron chi connectivity index (χ3n) is 5.79. The smallest absolute Gasteiger partial charge is 0.154 e. The Hall–Kier alpha value is -2.84. The van der Waals surface area contributed by atoms with E-state index in [1.54, 1.807) is 12.4 Å². The Morgan fingerprint density at radius 1 is 1.13 bits per heavy atom. The molecule has 0 aliphatic carbocycles. The van der Waals surface area contributed by atoms with Crippen LogP contribution in [-0.4, -0.2) is 65.9 Å². The molecule has 2 saturated heterocycles. The van der Waals surface area contributed by atoms with E-state index in [-0.39, 0.29) is 0 Å². The molecule has 3 aromatic rings. The number of piperidine rings is 1. The zero-order chi connectivity index (χ0) is 20.2. The van der Waals surface area contributed by atoms with Gasteiger partial charge in [-0.15, -0.1) is 0 Å². The van der Waals surface area contributed by atoms with Crippen LogP contribution in [0.5, 0.6) is 0 Å². The van der Waals surface area contributed by atoms with Crippen LogP contribution in [0.25, 0.3) is 22.3 Å². The van der Waals surface area contributed by atoms with E-state index in [1.165, 1.54) is 12.8 Å². The molecule has 5 heterocycles. The molecule has 2 fully saturated rings. The second kappa shape index (κ2) is 8.89. The van der Waals surface area contributed by atoms with Gasteiger partial charge in [-0.05, 0) is 50.0 Å². The Kier molecular flexibility index (Phi) is 5.67. The molecule has 2 aliphatic heterocycles. The van der Waals surface area contributed by atoms with Crippen LogP contribution in [0.3, 0.4) is 0 Å². The predicted molar refractivity (Wildman–Crippen MR) is 118 cm³/mol. The van der Waals surface area contributed by atoms with Crippen molar-refractivity contribution in [3.05, 3.63) is 36.8 Å². The Morgan fingerprint density at radius 3 is 2.83 bits per heavy atom. The molecular formula is C22H27N7O. The third-order valence-corrected chi connectivity index (χ3v) is 5.79. The number of ether oxygens (including phenoxy) is 1. The highest BCUT2D eigenvalue weighted by atomic mass is 16.5. The van der Waals surface area contributed by atoms with E-state index >= 15 is 0 Å². The summed E-state index contributed by atoms with van der Waals surface area (Å²) in [5.74, 6) is 2.37. The van der Waals surface area contributed by atoms with Crippen LogP contribution < -0.4 is 15.5 Å². The zero-order valence-electron chi connectivity index (χ0n) is 17.0. The molecule has 0 bridgehead atoms. The molecule has 0 unspecified atom stereocenters. The SMILES string of the molecule is c1cnc2c(NC[C@H]3CCCNC3)nc(-c3ccc(N4CCOCC4)nc3)cc2n1. The molecule has 8 nitrogen and oxygen atoms in total. The summed E-state index contributed by atoms with van der Waals surface area (Å²) in [4.78, 5) is 20.8. The van der Waals surface area contributed by atoms with E-state index in [9.17, 15) is 0 Å². The van der Waals surface area contributed by atoms with Gasteiger partial charge >= 0.3 is 0 Å². The van der Waals surface area contributed by atoms with E-state index in [0.717, 1.165) is 79.9 Å². The number of anilines is 2. The van der Waals surface area contributed by atoms with E-state index in [0.29, 0.717) is 5.92 Å². The Bertz CT molecular complexity index is 982. The van der Waals surface area contributed by atoms with Gasteiger partial charge in [0.1, 0.15) is 11.3 Å². The van der Waals surface area contributed by atoms with Crippen LogP contribution >= 0.6 is 0 Å². The van der Waals surface area contributed by atoms with Crippen LogP contribution in [0.1, 0.15) is 12.8 Å². The van der Waals surface area contributed by atoms with E-state index in [1.807, 2.05) is 12.3 Å². The lowest BCUT2D eigenvalue weighted by atomic mass is 10.00. The first-order valence-electron chi connectivity index (χ1n) is 10.7. The molecule has 156 valence electrons. The lowest BCUT2D eigenvalue weighted by Crippen LogP contribution is -2.36. The number of rotatable bonds is 5. The van der Waals surface area contributed by atoms with Crippen molar-refractivity contribution in [3.63, 3.8) is 0 Å². The molecule has 2 aliphatic rings. The van der Waals surface area contributed by atoms with Gasteiger partial charge in [-0.3, -0.25) is 4.98 Å². The molecule has 2 N–H and O–H groups in total. The number of nitrogens with one attached hydrogen (secondary N) is 2. The average molecular weight is 406 g/mol. The summed E-state index contributed by atoms with van der Waals surface area (Å²) < 4.78 is 5.43. The summed E-state index contributed by atoms with van der Waals surface area (Å²) >= 11 is 0. The van der Waals surface area contributed by atoms with Crippen LogP contribution in [0.4, 0.5) is 11.6 Å². The van der Waals surface area contributed by atoms with Crippen LogP contribution in [-0.2, 0) is 4.74 Å². The lowest BCUT2D eigenvalue weighted by Gasteiger charge is -2.27. The minimum Gasteiger partial charge on any atom is -0.378 e. The van der Waals surface area contributed by atoms with Gasteiger partial charge < -0.3 is 20.3 Å². The summed E-state index contributed by atoms with van der Waals surface area (Å²) in [6.07, 6.45) is 7.79. The van der Waals surface area contributed by atoms with Crippen LogP contribution in [0.15, 0.2) is 36.8 Å². The van der Waals surface area contributed by atoms with Gasteiger partial charge in [-0.2, -0.15) is 0 Å². The first-order chi connectivity index (χ1) is 14.9. The second-order valence-corrected chi connectivity index (χ2v) is 7.88. The molecule has 0 amide bonds.